The molecule has 0 rings (SSSR count). The summed E-state index contributed by atoms with van der Waals surface area (Å²) in [6, 6.07) is 0. The smallest absolute Gasteiger partial charge is 0.239 e. The van der Waals surface area contributed by atoms with E-state index in [9.17, 15) is 4.79 Å². The zero-order chi connectivity index (χ0) is 21.7. The van der Waals surface area contributed by atoms with Gasteiger partial charge < -0.3 is 5.73 Å². The molecule has 10 N–H and O–H groups in total. The summed E-state index contributed by atoms with van der Waals surface area (Å²) in [5.41, 5.74) is 9.55. The maximum Gasteiger partial charge on any atom is 0.239 e. The van der Waals surface area contributed by atoms with Crippen LogP contribution in [-0.2, 0) is 9.63 Å². The van der Waals surface area contributed by atoms with Crippen molar-refractivity contribution in [3.8, 4) is 0 Å². The van der Waals surface area contributed by atoms with E-state index in [1.165, 1.54) is 0 Å². The Kier molecular flexibility index (Phi) is 31.9. The number of nitrogens with one attached hydrogen (secondary N) is 2. The number of carbonyl (C=O) groups is 1. The van der Waals surface area contributed by atoms with Crippen molar-refractivity contribution in [2.75, 3.05) is 0 Å². The number of rotatable bonds is 0. The third-order valence-electron chi connectivity index (χ3n) is 1.60. The van der Waals surface area contributed by atoms with Crippen molar-refractivity contribution in [1.29, 1.82) is 0 Å². The van der Waals surface area contributed by atoms with Gasteiger partial charge in [0.15, 0.2) is 0 Å². The quantitative estimate of drug-likeness (QED) is 0.201. The highest BCUT2D eigenvalue weighted by Gasteiger charge is 2.19. The van der Waals surface area contributed by atoms with Crippen LogP contribution in [0.25, 0.3) is 0 Å². The van der Waals surface area contributed by atoms with Crippen LogP contribution >= 0.6 is 0 Å². The van der Waals surface area contributed by atoms with Gasteiger partial charge >= 0.3 is 0 Å². The molecule has 0 aliphatic rings. The van der Waals surface area contributed by atoms with Gasteiger partial charge in [-0.3, -0.25) is 26.3 Å². The standard InChI is InChI=1S/C5H12N2O.C4H12N2.C4H11NO.C4H11N.3CH4/c1-5(2,3)4(8)7-6;2*1-4(2,3)6-5;1-4(2,3)5;;;/h6H2,1-3H3,(H,7,8);6H,5H2,1-3H3;5H2,1-3H3;5H2,1-3H3;3*1H4. The lowest BCUT2D eigenvalue weighted by molar-refractivity contribution is -0.128. The van der Waals surface area contributed by atoms with E-state index in [4.69, 9.17) is 23.3 Å². The minimum Gasteiger partial charge on any atom is -0.326 e. The fourth-order valence-corrected chi connectivity index (χ4v) is 0.217. The van der Waals surface area contributed by atoms with Crippen molar-refractivity contribution in [3.05, 3.63) is 0 Å². The number of hydrazine groups is 2. The normalized spacial score (nSPS) is 10.4. The lowest BCUT2D eigenvalue weighted by atomic mass is 9.96. The molecule has 0 spiro atoms. The summed E-state index contributed by atoms with van der Waals surface area (Å²) in [5.74, 6) is 14.6. The second kappa shape index (κ2) is 19.5. The fraction of sp³-hybridized carbons (Fsp3) is 0.950. The van der Waals surface area contributed by atoms with Crippen LogP contribution in [-0.4, -0.2) is 22.6 Å². The van der Waals surface area contributed by atoms with Gasteiger partial charge in [0.1, 0.15) is 0 Å². The van der Waals surface area contributed by atoms with Gasteiger partial charge in [0.05, 0.1) is 5.60 Å². The van der Waals surface area contributed by atoms with E-state index in [0.717, 1.165) is 0 Å². The van der Waals surface area contributed by atoms with Gasteiger partial charge in [0.25, 0.3) is 0 Å². The Hall–Kier alpha value is -0.770. The van der Waals surface area contributed by atoms with Crippen molar-refractivity contribution in [2.45, 2.75) is 122 Å². The zero-order valence-electron chi connectivity index (χ0n) is 18.6. The number of hydrogen-bond donors (Lipinski definition) is 6. The Morgan fingerprint density at radius 2 is 0.929 bits per heavy atom. The van der Waals surface area contributed by atoms with E-state index in [2.05, 4.69) is 15.7 Å². The fourth-order valence-electron chi connectivity index (χ4n) is 0.217. The van der Waals surface area contributed by atoms with Crippen LogP contribution in [0.4, 0.5) is 0 Å². The van der Waals surface area contributed by atoms with Crippen molar-refractivity contribution >= 4 is 5.91 Å². The Labute approximate surface area is 177 Å². The van der Waals surface area contributed by atoms with Crippen LogP contribution in [0.5, 0.6) is 0 Å². The van der Waals surface area contributed by atoms with Gasteiger partial charge in [0.2, 0.25) is 5.91 Å². The second-order valence-electron chi connectivity index (χ2n) is 9.71. The van der Waals surface area contributed by atoms with E-state index in [1.54, 1.807) is 20.8 Å². The van der Waals surface area contributed by atoms with E-state index in [-0.39, 0.29) is 50.3 Å². The molecule has 0 heterocycles. The molecule has 0 aromatic rings. The molecule has 180 valence electrons. The SMILES string of the molecule is C.C.C.CC(C)(C)C(=O)NN.CC(C)(C)N.CC(C)(C)NN.CC(C)(C)ON. The predicted octanol–water partition coefficient (Wildman–Crippen LogP) is 3.60. The summed E-state index contributed by atoms with van der Waals surface area (Å²) < 4.78 is 0. The van der Waals surface area contributed by atoms with Gasteiger partial charge in [-0.25, -0.2) is 11.7 Å². The van der Waals surface area contributed by atoms with Crippen LogP contribution in [0.15, 0.2) is 0 Å². The molecule has 0 aliphatic heterocycles. The molecule has 0 unspecified atom stereocenters. The molecule has 0 aromatic heterocycles. The first-order valence-electron chi connectivity index (χ1n) is 8.26. The van der Waals surface area contributed by atoms with E-state index in [1.807, 2.05) is 62.3 Å². The van der Waals surface area contributed by atoms with Crippen LogP contribution in [0.3, 0.4) is 0 Å². The first kappa shape index (κ1) is 45.8. The first-order chi connectivity index (χ1) is 10.6. The molecule has 28 heavy (non-hydrogen) atoms. The van der Waals surface area contributed by atoms with E-state index in [0.29, 0.717) is 0 Å². The summed E-state index contributed by atoms with van der Waals surface area (Å²) >= 11 is 0. The van der Waals surface area contributed by atoms with E-state index < -0.39 is 0 Å². The average Bonchev–Trinajstić information content (AvgIpc) is 2.34. The average molecular weight is 415 g/mol. The maximum atomic E-state index is 10.6. The van der Waals surface area contributed by atoms with Gasteiger partial charge in [-0.2, -0.15) is 0 Å². The predicted molar refractivity (Wildman–Crippen MR) is 128 cm³/mol. The van der Waals surface area contributed by atoms with E-state index >= 15 is 0 Å². The molecule has 0 radical (unpaired) electrons. The molecular weight excluding hydrogens is 356 g/mol. The molecule has 1 amide bonds. The minimum absolute atomic E-state index is 0. The third kappa shape index (κ3) is 84.6. The molecule has 8 nitrogen and oxygen atoms in total. The lowest BCUT2D eigenvalue weighted by Crippen LogP contribution is -2.41. The van der Waals surface area contributed by atoms with Crippen LogP contribution < -0.4 is 34.2 Å². The molecule has 0 fully saturated rings. The Morgan fingerprint density at radius 1 is 0.750 bits per heavy atom. The number of hydrogen-bond acceptors (Lipinski definition) is 7. The van der Waals surface area contributed by atoms with Crippen molar-refractivity contribution in [2.24, 2.45) is 28.7 Å². The summed E-state index contributed by atoms with van der Waals surface area (Å²) in [4.78, 5) is 15.0. The highest BCUT2D eigenvalue weighted by atomic mass is 16.6. The Morgan fingerprint density at radius 3 is 0.929 bits per heavy atom. The van der Waals surface area contributed by atoms with Gasteiger partial charge in [-0.1, -0.05) is 43.1 Å². The molecular formula is C20H58N6O2. The third-order valence-corrected chi connectivity index (χ3v) is 1.60. The number of carbonyl (C=O) groups excluding carboxylic acids is 1. The molecule has 0 aliphatic carbocycles. The number of amides is 1. The zero-order valence-corrected chi connectivity index (χ0v) is 18.6. The molecule has 0 saturated heterocycles. The highest BCUT2D eigenvalue weighted by molar-refractivity contribution is 5.80. The molecule has 0 atom stereocenters. The molecule has 8 heteroatoms. The maximum absolute atomic E-state index is 10.6. The number of nitrogens with two attached hydrogens (primary N) is 4. The van der Waals surface area contributed by atoms with Gasteiger partial charge in [-0.05, 0) is 62.3 Å². The second-order valence-corrected chi connectivity index (χ2v) is 9.71. The monoisotopic (exact) mass is 414 g/mol. The van der Waals surface area contributed by atoms with Crippen LogP contribution in [0.2, 0.25) is 0 Å². The van der Waals surface area contributed by atoms with Gasteiger partial charge in [-0.15, -0.1) is 0 Å². The Balaban J connectivity index is -0.0000000411. The van der Waals surface area contributed by atoms with Crippen molar-refractivity contribution in [1.82, 2.24) is 10.9 Å². The summed E-state index contributed by atoms with van der Waals surface area (Å²) in [7, 11) is 0. The highest BCUT2D eigenvalue weighted by Crippen LogP contribution is 2.11. The summed E-state index contributed by atoms with van der Waals surface area (Å²) in [6.07, 6.45) is 0. The lowest BCUT2D eigenvalue weighted by Gasteiger charge is -2.14. The van der Waals surface area contributed by atoms with Crippen molar-refractivity contribution < 1.29 is 9.63 Å². The first-order valence-corrected chi connectivity index (χ1v) is 8.26. The minimum atomic E-state index is -0.366. The summed E-state index contributed by atoms with van der Waals surface area (Å²) in [5, 5.41) is 0. The van der Waals surface area contributed by atoms with Gasteiger partial charge in [0, 0.05) is 16.5 Å². The molecule has 0 bridgehead atoms. The topological polar surface area (TPSA) is 154 Å². The molecule has 0 saturated carbocycles. The molecule has 0 aromatic carbocycles. The largest absolute Gasteiger partial charge is 0.326 e. The van der Waals surface area contributed by atoms with Crippen molar-refractivity contribution in [3.63, 3.8) is 0 Å². The Bertz CT molecular complexity index is 302. The van der Waals surface area contributed by atoms with Crippen LogP contribution in [0.1, 0.15) is 105 Å². The summed E-state index contributed by atoms with van der Waals surface area (Å²) in [6.45, 7) is 23.0. The van der Waals surface area contributed by atoms with Crippen LogP contribution in [0, 0.1) is 5.41 Å².